The second kappa shape index (κ2) is 6.07. The van der Waals surface area contributed by atoms with Crippen molar-refractivity contribution in [2.45, 2.75) is 19.3 Å². The first kappa shape index (κ1) is 16.8. The van der Waals surface area contributed by atoms with Gasteiger partial charge in [-0.2, -0.15) is 0 Å². The van der Waals surface area contributed by atoms with Gasteiger partial charge in [-0.1, -0.05) is 69.0 Å². The molecule has 0 aliphatic carbocycles. The minimum Gasteiger partial charge on any atom is -0.309 e. The fourth-order valence-electron chi connectivity index (χ4n) is 4.50. The summed E-state index contributed by atoms with van der Waals surface area (Å²) in [7, 11) is 0. The SMILES string of the molecule is C=Cc1ccc(N2c3ccccc3C(C)(C)c3ccccc32)c2ccncc12. The van der Waals surface area contributed by atoms with Crippen LogP contribution < -0.4 is 4.90 Å². The van der Waals surface area contributed by atoms with Crippen LogP contribution in [-0.4, -0.2) is 4.98 Å². The Morgan fingerprint density at radius 2 is 1.43 bits per heavy atom. The minimum absolute atomic E-state index is 0.0535. The zero-order valence-corrected chi connectivity index (χ0v) is 16.2. The quantitative estimate of drug-likeness (QED) is 0.382. The normalized spacial score (nSPS) is 14.4. The van der Waals surface area contributed by atoms with E-state index in [0.29, 0.717) is 0 Å². The molecule has 0 saturated heterocycles. The molecule has 5 rings (SSSR count). The lowest BCUT2D eigenvalue weighted by atomic mass is 9.73. The lowest BCUT2D eigenvalue weighted by Crippen LogP contribution is -2.30. The van der Waals surface area contributed by atoms with Crippen LogP contribution in [0.5, 0.6) is 0 Å². The van der Waals surface area contributed by atoms with Crippen LogP contribution in [0, 0.1) is 0 Å². The Labute approximate surface area is 165 Å². The highest BCUT2D eigenvalue weighted by molar-refractivity contribution is 6.03. The number of nitrogens with zero attached hydrogens (tertiary/aromatic N) is 2. The minimum atomic E-state index is -0.0535. The molecule has 4 aromatic rings. The average Bonchev–Trinajstić information content (AvgIpc) is 2.74. The zero-order valence-electron chi connectivity index (χ0n) is 16.2. The monoisotopic (exact) mass is 362 g/mol. The van der Waals surface area contributed by atoms with Gasteiger partial charge in [0.15, 0.2) is 0 Å². The maximum atomic E-state index is 4.35. The van der Waals surface area contributed by atoms with Crippen LogP contribution in [-0.2, 0) is 5.41 Å². The lowest BCUT2D eigenvalue weighted by Gasteiger charge is -2.42. The van der Waals surface area contributed by atoms with Crippen molar-refractivity contribution in [3.8, 4) is 0 Å². The molecular weight excluding hydrogens is 340 g/mol. The molecule has 0 N–H and O–H groups in total. The van der Waals surface area contributed by atoms with Crippen molar-refractivity contribution in [1.29, 1.82) is 0 Å². The van der Waals surface area contributed by atoms with Gasteiger partial charge in [0.1, 0.15) is 0 Å². The van der Waals surface area contributed by atoms with Crippen molar-refractivity contribution in [2.75, 3.05) is 4.90 Å². The summed E-state index contributed by atoms with van der Waals surface area (Å²) < 4.78 is 0. The van der Waals surface area contributed by atoms with Crippen LogP contribution in [0.2, 0.25) is 0 Å². The van der Waals surface area contributed by atoms with E-state index in [-0.39, 0.29) is 5.41 Å². The van der Waals surface area contributed by atoms with Gasteiger partial charge >= 0.3 is 0 Å². The number of anilines is 3. The summed E-state index contributed by atoms with van der Waals surface area (Å²) >= 11 is 0. The number of hydrogen-bond donors (Lipinski definition) is 0. The van der Waals surface area contributed by atoms with Crippen LogP contribution in [0.3, 0.4) is 0 Å². The maximum absolute atomic E-state index is 4.35. The van der Waals surface area contributed by atoms with Gasteiger partial charge in [-0.15, -0.1) is 0 Å². The number of aromatic nitrogens is 1. The molecule has 2 heterocycles. The molecule has 2 nitrogen and oxygen atoms in total. The third kappa shape index (κ3) is 2.24. The molecule has 1 aliphatic heterocycles. The molecule has 136 valence electrons. The third-order valence-electron chi connectivity index (χ3n) is 5.93. The molecule has 28 heavy (non-hydrogen) atoms. The van der Waals surface area contributed by atoms with Gasteiger partial charge in [0.25, 0.3) is 0 Å². The largest absolute Gasteiger partial charge is 0.309 e. The Morgan fingerprint density at radius 1 is 0.786 bits per heavy atom. The molecule has 0 spiro atoms. The highest BCUT2D eigenvalue weighted by atomic mass is 15.2. The number of para-hydroxylation sites is 2. The second-order valence-corrected chi connectivity index (χ2v) is 7.79. The van der Waals surface area contributed by atoms with E-state index in [0.717, 1.165) is 10.9 Å². The Morgan fingerprint density at radius 3 is 2.07 bits per heavy atom. The molecule has 0 unspecified atom stereocenters. The van der Waals surface area contributed by atoms with E-state index in [2.05, 4.69) is 97.0 Å². The van der Waals surface area contributed by atoms with Gasteiger partial charge in [-0.25, -0.2) is 0 Å². The highest BCUT2D eigenvalue weighted by Crippen LogP contribution is 2.52. The van der Waals surface area contributed by atoms with Gasteiger partial charge in [0, 0.05) is 28.6 Å². The second-order valence-electron chi connectivity index (χ2n) is 7.79. The molecule has 3 aromatic carbocycles. The maximum Gasteiger partial charge on any atom is 0.0541 e. The predicted molar refractivity (Wildman–Crippen MR) is 119 cm³/mol. The fraction of sp³-hybridized carbons (Fsp3) is 0.115. The first-order valence-corrected chi connectivity index (χ1v) is 9.61. The van der Waals surface area contributed by atoms with Crippen LogP contribution in [0.15, 0.2) is 85.7 Å². The Balaban J connectivity index is 1.88. The average molecular weight is 362 g/mol. The van der Waals surface area contributed by atoms with Crippen molar-refractivity contribution in [1.82, 2.24) is 4.98 Å². The van der Waals surface area contributed by atoms with E-state index in [1.54, 1.807) is 0 Å². The molecule has 0 bridgehead atoms. The van der Waals surface area contributed by atoms with Crippen molar-refractivity contribution < 1.29 is 0 Å². The predicted octanol–water partition coefficient (Wildman–Crippen LogP) is 6.99. The topological polar surface area (TPSA) is 16.1 Å². The van der Waals surface area contributed by atoms with Crippen LogP contribution in [0.25, 0.3) is 16.8 Å². The van der Waals surface area contributed by atoms with E-state index >= 15 is 0 Å². The molecule has 2 heteroatoms. The van der Waals surface area contributed by atoms with E-state index in [1.807, 2.05) is 18.5 Å². The van der Waals surface area contributed by atoms with E-state index in [1.165, 1.54) is 33.6 Å². The van der Waals surface area contributed by atoms with Crippen molar-refractivity contribution in [3.63, 3.8) is 0 Å². The number of fused-ring (bicyclic) bond motifs is 3. The van der Waals surface area contributed by atoms with Crippen LogP contribution in [0.1, 0.15) is 30.5 Å². The number of rotatable bonds is 2. The van der Waals surface area contributed by atoms with E-state index in [9.17, 15) is 0 Å². The van der Waals surface area contributed by atoms with Crippen molar-refractivity contribution in [3.05, 3.63) is 102 Å². The molecular formula is C26H22N2. The van der Waals surface area contributed by atoms with Gasteiger partial charge in [-0.3, -0.25) is 4.98 Å². The molecule has 0 saturated carbocycles. The fourth-order valence-corrected chi connectivity index (χ4v) is 4.50. The van der Waals surface area contributed by atoms with Gasteiger partial charge < -0.3 is 4.90 Å². The third-order valence-corrected chi connectivity index (χ3v) is 5.93. The smallest absolute Gasteiger partial charge is 0.0541 e. The van der Waals surface area contributed by atoms with E-state index in [4.69, 9.17) is 0 Å². The Bertz CT molecular complexity index is 1170. The van der Waals surface area contributed by atoms with Gasteiger partial charge in [0.05, 0.1) is 17.1 Å². The summed E-state index contributed by atoms with van der Waals surface area (Å²) in [6, 6.07) is 23.9. The zero-order chi connectivity index (χ0) is 19.3. The van der Waals surface area contributed by atoms with Gasteiger partial charge in [0.2, 0.25) is 0 Å². The standard InChI is InChI=1S/C26H22N2/c1-4-18-13-14-23(19-15-16-27-17-20(18)19)28-24-11-7-5-9-21(24)26(2,3)22-10-6-8-12-25(22)28/h4-17H,1H2,2-3H3. The summed E-state index contributed by atoms with van der Waals surface area (Å²) in [6.45, 7) is 8.59. The summed E-state index contributed by atoms with van der Waals surface area (Å²) in [5, 5.41) is 2.30. The first-order chi connectivity index (χ1) is 13.6. The van der Waals surface area contributed by atoms with Gasteiger partial charge in [-0.05, 0) is 41.0 Å². The summed E-state index contributed by atoms with van der Waals surface area (Å²) in [6.07, 6.45) is 5.70. The summed E-state index contributed by atoms with van der Waals surface area (Å²) in [4.78, 5) is 6.75. The van der Waals surface area contributed by atoms with Crippen molar-refractivity contribution in [2.24, 2.45) is 0 Å². The van der Waals surface area contributed by atoms with E-state index < -0.39 is 0 Å². The van der Waals surface area contributed by atoms with Crippen LogP contribution in [0.4, 0.5) is 17.1 Å². The molecule has 1 aliphatic rings. The number of benzene rings is 3. The lowest BCUT2D eigenvalue weighted by molar-refractivity contribution is 0.632. The Hall–Kier alpha value is -3.39. The summed E-state index contributed by atoms with van der Waals surface area (Å²) in [5.41, 5.74) is 7.35. The highest BCUT2D eigenvalue weighted by Gasteiger charge is 2.36. The molecule has 0 fully saturated rings. The molecule has 0 atom stereocenters. The molecule has 0 radical (unpaired) electrons. The first-order valence-electron chi connectivity index (χ1n) is 9.61. The number of hydrogen-bond acceptors (Lipinski definition) is 2. The summed E-state index contributed by atoms with van der Waals surface area (Å²) in [5.74, 6) is 0. The Kier molecular flexibility index (Phi) is 3.63. The molecule has 0 amide bonds. The number of pyridine rings is 1. The molecule has 1 aromatic heterocycles. The van der Waals surface area contributed by atoms with Crippen LogP contribution >= 0.6 is 0 Å². The van der Waals surface area contributed by atoms with Crippen molar-refractivity contribution >= 4 is 33.9 Å².